The van der Waals surface area contributed by atoms with E-state index < -0.39 is 111 Å². The monoisotopic (exact) mass is 580 g/mol. The lowest BCUT2D eigenvalue weighted by molar-refractivity contribution is -0.291. The molecule has 0 bridgehead atoms. The van der Waals surface area contributed by atoms with E-state index in [-0.39, 0.29) is 0 Å². The first-order valence-electron chi connectivity index (χ1n) is 8.93. The Morgan fingerprint density at radius 3 is 1.16 bits per heavy atom. The van der Waals surface area contributed by atoms with Gasteiger partial charge in [0.15, 0.2) is 46.5 Å². The SMILES string of the molecule is Fc1c(F)c(F)c(-c2c(F)c(F)c(-c3cc(C(F)(F)C(F)(F)F)nc(C(F)(F)F)n3)c(F)c2F)c(F)c1F. The maximum atomic E-state index is 14.7. The van der Waals surface area contributed by atoms with Crippen LogP contribution in [0.25, 0.3) is 22.4 Å². The molecule has 0 atom stereocenters. The molecular weight excluding hydrogens is 579 g/mol. The Bertz CT molecular complexity index is 1400. The number of alkyl halides is 8. The van der Waals surface area contributed by atoms with Crippen molar-refractivity contribution in [1.29, 1.82) is 0 Å². The number of hydrogen-bond acceptors (Lipinski definition) is 2. The van der Waals surface area contributed by atoms with Gasteiger partial charge in [0.05, 0.1) is 22.4 Å². The molecule has 0 aliphatic carbocycles. The first kappa shape index (κ1) is 28.9. The van der Waals surface area contributed by atoms with Crippen molar-refractivity contribution in [3.63, 3.8) is 0 Å². The van der Waals surface area contributed by atoms with Crippen LogP contribution in [0, 0.1) is 52.4 Å². The third kappa shape index (κ3) is 4.36. The predicted octanol–water partition coefficient (Wildman–Crippen LogP) is 7.74. The van der Waals surface area contributed by atoms with Gasteiger partial charge in [-0.2, -0.15) is 35.1 Å². The maximum Gasteiger partial charge on any atom is 0.459 e. The molecule has 3 rings (SSSR count). The van der Waals surface area contributed by atoms with Gasteiger partial charge in [0, 0.05) is 0 Å². The van der Waals surface area contributed by atoms with Gasteiger partial charge in [0.2, 0.25) is 11.6 Å². The number of aromatic nitrogens is 2. The first-order valence-corrected chi connectivity index (χ1v) is 8.93. The van der Waals surface area contributed by atoms with Gasteiger partial charge in [0.1, 0.15) is 5.69 Å². The number of benzene rings is 2. The van der Waals surface area contributed by atoms with Crippen LogP contribution in [0.15, 0.2) is 6.07 Å². The molecule has 0 spiro atoms. The molecule has 2 aromatic carbocycles. The van der Waals surface area contributed by atoms with Crippen molar-refractivity contribution >= 4 is 0 Å². The highest BCUT2D eigenvalue weighted by molar-refractivity contribution is 5.73. The molecule has 1 heterocycles. The summed E-state index contributed by atoms with van der Waals surface area (Å²) in [7, 11) is 0. The van der Waals surface area contributed by atoms with E-state index in [0.29, 0.717) is 0 Å². The van der Waals surface area contributed by atoms with E-state index >= 15 is 0 Å². The molecule has 0 fully saturated rings. The molecule has 0 radical (unpaired) electrons. The maximum absolute atomic E-state index is 14.7. The van der Waals surface area contributed by atoms with Crippen LogP contribution in [0.5, 0.6) is 0 Å². The van der Waals surface area contributed by atoms with Crippen LogP contribution < -0.4 is 0 Å². The average Bonchev–Trinajstić information content (AvgIpc) is 2.81. The van der Waals surface area contributed by atoms with Gasteiger partial charge in [-0.05, 0) is 6.07 Å². The molecule has 1 aromatic heterocycles. The first-order chi connectivity index (χ1) is 17.1. The molecule has 0 saturated heterocycles. The molecule has 206 valence electrons. The zero-order chi connectivity index (χ0) is 29.3. The second-order valence-corrected chi connectivity index (χ2v) is 6.98. The number of nitrogens with zero attached hydrogens (tertiary/aromatic N) is 2. The van der Waals surface area contributed by atoms with Crippen LogP contribution in [0.2, 0.25) is 0 Å². The van der Waals surface area contributed by atoms with Gasteiger partial charge in [-0.3, -0.25) is 0 Å². The van der Waals surface area contributed by atoms with Gasteiger partial charge < -0.3 is 0 Å². The highest BCUT2D eigenvalue weighted by Crippen LogP contribution is 2.46. The molecule has 0 aliphatic heterocycles. The zero-order valence-electron chi connectivity index (χ0n) is 16.9. The lowest BCUT2D eigenvalue weighted by Gasteiger charge is -2.21. The quantitative estimate of drug-likeness (QED) is 0.180. The fourth-order valence-electron chi connectivity index (χ4n) is 2.91. The average molecular weight is 580 g/mol. The Balaban J connectivity index is 2.45. The van der Waals surface area contributed by atoms with Crippen LogP contribution in [-0.2, 0) is 12.1 Å². The van der Waals surface area contributed by atoms with Crippen molar-refractivity contribution in [3.05, 3.63) is 69.9 Å². The summed E-state index contributed by atoms with van der Waals surface area (Å²) in [6.45, 7) is 0. The lowest BCUT2D eigenvalue weighted by atomic mass is 9.97. The molecule has 3 aromatic rings. The summed E-state index contributed by atoms with van der Waals surface area (Å²) >= 11 is 0. The minimum absolute atomic E-state index is 0.832. The highest BCUT2D eigenvalue weighted by Gasteiger charge is 2.60. The Morgan fingerprint density at radius 2 is 0.789 bits per heavy atom. The molecule has 19 heteroatoms. The lowest BCUT2D eigenvalue weighted by Crippen LogP contribution is -2.35. The topological polar surface area (TPSA) is 25.8 Å². The fraction of sp³-hybridized carbons (Fsp3) is 0.158. The molecule has 0 N–H and O–H groups in total. The van der Waals surface area contributed by atoms with E-state index in [0.717, 1.165) is 0 Å². The summed E-state index contributed by atoms with van der Waals surface area (Å²) in [4.78, 5) is 4.22. The number of hydrogen-bond donors (Lipinski definition) is 0. The number of rotatable bonds is 3. The summed E-state index contributed by atoms with van der Waals surface area (Å²) < 4.78 is 231. The van der Waals surface area contributed by atoms with Gasteiger partial charge >= 0.3 is 18.3 Å². The smallest absolute Gasteiger partial charge is 0.224 e. The van der Waals surface area contributed by atoms with Crippen LogP contribution >= 0.6 is 0 Å². The predicted molar refractivity (Wildman–Crippen MR) is 87.5 cm³/mol. The van der Waals surface area contributed by atoms with Gasteiger partial charge in [-0.25, -0.2) is 49.5 Å². The van der Waals surface area contributed by atoms with Crippen LogP contribution in [0.1, 0.15) is 11.5 Å². The highest BCUT2D eigenvalue weighted by atomic mass is 19.4. The van der Waals surface area contributed by atoms with Crippen molar-refractivity contribution in [3.8, 4) is 22.4 Å². The second-order valence-electron chi connectivity index (χ2n) is 6.98. The zero-order valence-corrected chi connectivity index (χ0v) is 16.9. The van der Waals surface area contributed by atoms with Crippen molar-refractivity contribution in [1.82, 2.24) is 9.97 Å². The summed E-state index contributed by atoms with van der Waals surface area (Å²) in [5.41, 5.74) is -12.9. The summed E-state index contributed by atoms with van der Waals surface area (Å²) in [5, 5.41) is 0. The third-order valence-electron chi connectivity index (χ3n) is 4.64. The van der Waals surface area contributed by atoms with Crippen LogP contribution in [0.4, 0.5) is 74.6 Å². The fourth-order valence-corrected chi connectivity index (χ4v) is 2.91. The van der Waals surface area contributed by atoms with Crippen molar-refractivity contribution in [2.24, 2.45) is 0 Å². The molecular formula is C19HF17N2. The van der Waals surface area contributed by atoms with Gasteiger partial charge in [-0.15, -0.1) is 0 Å². The van der Waals surface area contributed by atoms with Crippen molar-refractivity contribution in [2.75, 3.05) is 0 Å². The van der Waals surface area contributed by atoms with Gasteiger partial charge in [-0.1, -0.05) is 0 Å². The largest absolute Gasteiger partial charge is 0.459 e. The minimum Gasteiger partial charge on any atom is -0.224 e. The number of halogens is 17. The standard InChI is InChI=1S/C19HF17N2/c20-7-4(2-1-3(17(29,30)19(34,35)36)38-16(37-2)18(31,32)33)8(21)10(23)5(9(7)22)6-11(24)13(26)15(28)14(27)12(6)25/h1H. The molecule has 0 aliphatic rings. The third-order valence-corrected chi connectivity index (χ3v) is 4.64. The Morgan fingerprint density at radius 1 is 0.447 bits per heavy atom. The molecule has 0 amide bonds. The molecule has 38 heavy (non-hydrogen) atoms. The van der Waals surface area contributed by atoms with E-state index in [4.69, 9.17) is 0 Å². The Hall–Kier alpha value is -3.67. The van der Waals surface area contributed by atoms with E-state index in [9.17, 15) is 74.6 Å². The van der Waals surface area contributed by atoms with E-state index in [1.165, 1.54) is 0 Å². The summed E-state index contributed by atoms with van der Waals surface area (Å²) in [6.07, 6.45) is -12.7. The van der Waals surface area contributed by atoms with Gasteiger partial charge in [0.25, 0.3) is 0 Å². The van der Waals surface area contributed by atoms with Crippen molar-refractivity contribution in [2.45, 2.75) is 18.3 Å². The molecule has 0 unspecified atom stereocenters. The minimum atomic E-state index is -6.66. The molecule has 2 nitrogen and oxygen atoms in total. The van der Waals surface area contributed by atoms with E-state index in [2.05, 4.69) is 4.98 Å². The normalized spacial score (nSPS) is 12.9. The van der Waals surface area contributed by atoms with E-state index in [1.807, 2.05) is 4.98 Å². The second kappa shape index (κ2) is 8.97. The van der Waals surface area contributed by atoms with Crippen LogP contribution in [-0.4, -0.2) is 16.1 Å². The summed E-state index contributed by atoms with van der Waals surface area (Å²) in [5.74, 6) is -36.0. The van der Waals surface area contributed by atoms with Crippen LogP contribution in [0.3, 0.4) is 0 Å². The van der Waals surface area contributed by atoms with E-state index in [1.54, 1.807) is 0 Å². The van der Waals surface area contributed by atoms with Crippen molar-refractivity contribution < 1.29 is 74.6 Å². The molecule has 0 saturated carbocycles. The Kier molecular flexibility index (Phi) is 6.82. The summed E-state index contributed by atoms with van der Waals surface area (Å²) in [6, 6.07) is -0.832. The Labute approximate surface area is 196 Å².